The van der Waals surface area contributed by atoms with Crippen LogP contribution in [-0.4, -0.2) is 25.5 Å². The Bertz CT molecular complexity index is 1330. The summed E-state index contributed by atoms with van der Waals surface area (Å²) in [5.41, 5.74) is 2.41. The van der Waals surface area contributed by atoms with Crippen molar-refractivity contribution in [1.29, 1.82) is 5.26 Å². The molecular formula is C26H21BrClN3O4. The molecule has 0 fully saturated rings. The number of amides is 2. The fourth-order valence-electron chi connectivity index (χ4n) is 3.07. The predicted octanol–water partition coefficient (Wildman–Crippen LogP) is 5.98. The van der Waals surface area contributed by atoms with Gasteiger partial charge in [-0.25, -0.2) is 0 Å². The Balaban J connectivity index is 1.75. The third-order valence-corrected chi connectivity index (χ3v) is 5.74. The Morgan fingerprint density at radius 3 is 2.43 bits per heavy atom. The molecule has 3 aromatic carbocycles. The highest BCUT2D eigenvalue weighted by Crippen LogP contribution is 2.37. The first-order valence-electron chi connectivity index (χ1n) is 10.4. The van der Waals surface area contributed by atoms with E-state index in [1.807, 2.05) is 25.1 Å². The van der Waals surface area contributed by atoms with E-state index in [9.17, 15) is 14.9 Å². The lowest BCUT2D eigenvalue weighted by Crippen LogP contribution is -2.20. The number of halogens is 2. The van der Waals surface area contributed by atoms with Gasteiger partial charge in [0, 0.05) is 5.69 Å². The van der Waals surface area contributed by atoms with Crippen LogP contribution in [0.15, 0.2) is 70.7 Å². The number of para-hydroxylation sites is 2. The number of hydrogen-bond donors (Lipinski definition) is 2. The molecule has 0 saturated heterocycles. The van der Waals surface area contributed by atoms with Gasteiger partial charge in [-0.1, -0.05) is 41.9 Å². The van der Waals surface area contributed by atoms with Gasteiger partial charge in [0.05, 0.1) is 22.3 Å². The molecule has 0 aliphatic carbocycles. The minimum Gasteiger partial charge on any atom is -0.493 e. The molecule has 7 nitrogen and oxygen atoms in total. The van der Waals surface area contributed by atoms with E-state index < -0.39 is 11.8 Å². The average molecular weight is 555 g/mol. The summed E-state index contributed by atoms with van der Waals surface area (Å²) >= 11 is 9.47. The number of nitriles is 1. The molecule has 0 bridgehead atoms. The number of ether oxygens (including phenoxy) is 2. The molecule has 2 amide bonds. The Hall–Kier alpha value is -3.80. The number of anilines is 2. The number of rotatable bonds is 8. The minimum atomic E-state index is -0.534. The van der Waals surface area contributed by atoms with Crippen molar-refractivity contribution >= 4 is 56.8 Å². The number of nitrogens with one attached hydrogen (secondary N) is 2. The first kappa shape index (κ1) is 25.8. The summed E-state index contributed by atoms with van der Waals surface area (Å²) in [5.74, 6) is -0.335. The Morgan fingerprint density at radius 1 is 1.09 bits per heavy atom. The Kier molecular flexibility index (Phi) is 8.90. The van der Waals surface area contributed by atoms with Crippen molar-refractivity contribution in [1.82, 2.24) is 0 Å². The number of hydrogen-bond acceptors (Lipinski definition) is 5. The summed E-state index contributed by atoms with van der Waals surface area (Å²) in [6.45, 7) is 1.57. The van der Waals surface area contributed by atoms with Crippen molar-refractivity contribution in [3.63, 3.8) is 0 Å². The van der Waals surface area contributed by atoms with Gasteiger partial charge in [0.1, 0.15) is 11.6 Å². The molecule has 0 heterocycles. The van der Waals surface area contributed by atoms with Crippen LogP contribution in [0, 0.1) is 18.3 Å². The molecule has 9 heteroatoms. The van der Waals surface area contributed by atoms with Crippen LogP contribution in [0.5, 0.6) is 11.5 Å². The number of benzene rings is 3. The fraction of sp³-hybridized carbons (Fsp3) is 0.115. The Labute approximate surface area is 216 Å². The SMILES string of the molecule is COc1cc(/C=C(/C#N)C(=O)Nc2ccccc2C)cc(Br)c1OCC(=O)Nc1ccccc1Cl. The van der Waals surface area contributed by atoms with E-state index in [1.54, 1.807) is 48.5 Å². The number of aryl methyl sites for hydroxylation is 1. The van der Waals surface area contributed by atoms with Crippen LogP contribution >= 0.6 is 27.5 Å². The van der Waals surface area contributed by atoms with Gasteiger partial charge in [-0.15, -0.1) is 0 Å². The summed E-state index contributed by atoms with van der Waals surface area (Å²) in [7, 11) is 1.45. The third kappa shape index (κ3) is 6.85. The quantitative estimate of drug-likeness (QED) is 0.263. The van der Waals surface area contributed by atoms with Crippen LogP contribution in [0.2, 0.25) is 5.02 Å². The first-order valence-corrected chi connectivity index (χ1v) is 11.5. The van der Waals surface area contributed by atoms with Gasteiger partial charge in [0.25, 0.3) is 11.8 Å². The fourth-order valence-corrected chi connectivity index (χ4v) is 3.82. The van der Waals surface area contributed by atoms with E-state index in [-0.39, 0.29) is 12.2 Å². The van der Waals surface area contributed by atoms with Crippen LogP contribution < -0.4 is 20.1 Å². The number of methoxy groups -OCH3 is 1. The number of nitrogens with zero attached hydrogens (tertiary/aromatic N) is 1. The van der Waals surface area contributed by atoms with E-state index in [0.717, 1.165) is 5.56 Å². The second kappa shape index (κ2) is 12.1. The lowest BCUT2D eigenvalue weighted by Gasteiger charge is -2.14. The molecule has 35 heavy (non-hydrogen) atoms. The van der Waals surface area contributed by atoms with E-state index in [4.69, 9.17) is 21.1 Å². The highest BCUT2D eigenvalue weighted by atomic mass is 79.9. The topological polar surface area (TPSA) is 100 Å². The molecule has 3 aromatic rings. The Morgan fingerprint density at radius 2 is 1.77 bits per heavy atom. The molecule has 0 aliphatic heterocycles. The second-order valence-corrected chi connectivity index (χ2v) is 8.55. The maximum absolute atomic E-state index is 12.6. The summed E-state index contributed by atoms with van der Waals surface area (Å²) in [4.78, 5) is 24.9. The van der Waals surface area contributed by atoms with Crippen LogP contribution in [-0.2, 0) is 9.59 Å². The molecule has 0 radical (unpaired) electrons. The van der Waals surface area contributed by atoms with Gasteiger partial charge in [-0.3, -0.25) is 9.59 Å². The van der Waals surface area contributed by atoms with Gasteiger partial charge >= 0.3 is 0 Å². The minimum absolute atomic E-state index is 0.0880. The summed E-state index contributed by atoms with van der Waals surface area (Å²) in [5, 5.41) is 15.4. The van der Waals surface area contributed by atoms with E-state index >= 15 is 0 Å². The zero-order valence-corrected chi connectivity index (χ0v) is 21.2. The van der Waals surface area contributed by atoms with Crippen LogP contribution in [0.3, 0.4) is 0 Å². The van der Waals surface area contributed by atoms with Gasteiger partial charge < -0.3 is 20.1 Å². The first-order chi connectivity index (χ1) is 16.8. The van der Waals surface area contributed by atoms with Crippen molar-refractivity contribution in [3.05, 3.63) is 86.9 Å². The van der Waals surface area contributed by atoms with E-state index in [1.165, 1.54) is 13.2 Å². The van der Waals surface area contributed by atoms with Gasteiger partial charge in [-0.2, -0.15) is 5.26 Å². The molecule has 0 unspecified atom stereocenters. The maximum atomic E-state index is 12.6. The summed E-state index contributed by atoms with van der Waals surface area (Å²) in [6, 6.07) is 19.3. The zero-order chi connectivity index (χ0) is 25.4. The number of carbonyl (C=O) groups is 2. The highest BCUT2D eigenvalue weighted by Gasteiger charge is 2.16. The van der Waals surface area contributed by atoms with Crippen molar-refractivity contribution in [2.75, 3.05) is 24.4 Å². The van der Waals surface area contributed by atoms with E-state index in [2.05, 4.69) is 26.6 Å². The van der Waals surface area contributed by atoms with Gasteiger partial charge in [-0.05, 0) is 70.4 Å². The average Bonchev–Trinajstić information content (AvgIpc) is 2.84. The van der Waals surface area contributed by atoms with Crippen molar-refractivity contribution in [2.45, 2.75) is 6.92 Å². The van der Waals surface area contributed by atoms with Gasteiger partial charge in [0.15, 0.2) is 18.1 Å². The molecular weight excluding hydrogens is 534 g/mol. The highest BCUT2D eigenvalue weighted by molar-refractivity contribution is 9.10. The van der Waals surface area contributed by atoms with Crippen molar-refractivity contribution < 1.29 is 19.1 Å². The monoisotopic (exact) mass is 553 g/mol. The summed E-state index contributed by atoms with van der Waals surface area (Å²) in [6.07, 6.45) is 1.44. The lowest BCUT2D eigenvalue weighted by atomic mass is 10.1. The van der Waals surface area contributed by atoms with Crippen LogP contribution in [0.1, 0.15) is 11.1 Å². The largest absolute Gasteiger partial charge is 0.493 e. The molecule has 0 aromatic heterocycles. The summed E-state index contributed by atoms with van der Waals surface area (Å²) < 4.78 is 11.5. The standard InChI is InChI=1S/C26H21BrClN3O4/c1-16-7-3-5-9-21(16)31-26(33)18(14-29)11-17-12-19(27)25(23(13-17)34-2)35-15-24(32)30-22-10-6-4-8-20(22)28/h3-13H,15H2,1-2H3,(H,30,32)(H,31,33)/b18-11-. The molecule has 0 spiro atoms. The third-order valence-electron chi connectivity index (χ3n) is 4.82. The molecule has 178 valence electrons. The molecule has 0 atom stereocenters. The van der Waals surface area contributed by atoms with Crippen molar-refractivity contribution in [2.24, 2.45) is 0 Å². The molecule has 2 N–H and O–H groups in total. The smallest absolute Gasteiger partial charge is 0.266 e. The second-order valence-electron chi connectivity index (χ2n) is 7.29. The zero-order valence-electron chi connectivity index (χ0n) is 18.9. The molecule has 0 saturated carbocycles. The van der Waals surface area contributed by atoms with E-state index in [0.29, 0.717) is 37.9 Å². The molecule has 0 aliphatic rings. The number of carbonyl (C=O) groups excluding carboxylic acids is 2. The van der Waals surface area contributed by atoms with Crippen LogP contribution in [0.4, 0.5) is 11.4 Å². The normalized spacial score (nSPS) is 10.8. The molecule has 3 rings (SSSR count). The van der Waals surface area contributed by atoms with Crippen LogP contribution in [0.25, 0.3) is 6.08 Å². The lowest BCUT2D eigenvalue weighted by molar-refractivity contribution is -0.118. The predicted molar refractivity (Wildman–Crippen MR) is 140 cm³/mol. The maximum Gasteiger partial charge on any atom is 0.266 e. The van der Waals surface area contributed by atoms with Crippen molar-refractivity contribution in [3.8, 4) is 17.6 Å². The van der Waals surface area contributed by atoms with Gasteiger partial charge in [0.2, 0.25) is 0 Å².